The second-order valence-electron chi connectivity index (χ2n) is 6.00. The molecule has 124 valence electrons. The van der Waals surface area contributed by atoms with Crippen LogP contribution in [0.15, 0.2) is 29.0 Å². The van der Waals surface area contributed by atoms with Gasteiger partial charge in [-0.3, -0.25) is 4.98 Å². The van der Waals surface area contributed by atoms with E-state index in [0.717, 1.165) is 60.4 Å². The molecular formula is C17H19N5O2. The van der Waals surface area contributed by atoms with E-state index in [9.17, 15) is 0 Å². The second kappa shape index (κ2) is 6.16. The zero-order valence-corrected chi connectivity index (χ0v) is 13.8. The van der Waals surface area contributed by atoms with Crippen LogP contribution in [0.1, 0.15) is 36.0 Å². The summed E-state index contributed by atoms with van der Waals surface area (Å²) in [5.41, 5.74) is 2.58. The van der Waals surface area contributed by atoms with Crippen molar-refractivity contribution in [2.75, 3.05) is 13.2 Å². The van der Waals surface area contributed by atoms with Crippen LogP contribution < -0.4 is 0 Å². The molecule has 0 N–H and O–H groups in total. The zero-order valence-electron chi connectivity index (χ0n) is 13.8. The molecule has 0 unspecified atom stereocenters. The van der Waals surface area contributed by atoms with Crippen LogP contribution in [0.3, 0.4) is 0 Å². The molecule has 0 bridgehead atoms. The molecule has 24 heavy (non-hydrogen) atoms. The van der Waals surface area contributed by atoms with Crippen LogP contribution in [-0.2, 0) is 4.74 Å². The van der Waals surface area contributed by atoms with Crippen molar-refractivity contribution >= 4 is 0 Å². The monoisotopic (exact) mass is 325 g/mol. The van der Waals surface area contributed by atoms with Crippen LogP contribution in [0.5, 0.6) is 0 Å². The van der Waals surface area contributed by atoms with Gasteiger partial charge in [0.1, 0.15) is 5.76 Å². The van der Waals surface area contributed by atoms with Crippen LogP contribution in [0, 0.1) is 13.8 Å². The molecule has 0 atom stereocenters. The molecule has 1 saturated heterocycles. The molecule has 0 saturated carbocycles. The van der Waals surface area contributed by atoms with Gasteiger partial charge in [-0.25, -0.2) is 9.67 Å². The lowest BCUT2D eigenvalue weighted by molar-refractivity contribution is 0.0836. The lowest BCUT2D eigenvalue weighted by Crippen LogP contribution is -2.15. The maximum atomic E-state index is 5.46. The Balaban J connectivity index is 1.86. The number of aryl methyl sites for hydroxylation is 2. The molecule has 0 aliphatic carbocycles. The highest BCUT2D eigenvalue weighted by Crippen LogP contribution is 2.31. The summed E-state index contributed by atoms with van der Waals surface area (Å²) in [4.78, 5) is 9.05. The van der Waals surface area contributed by atoms with E-state index < -0.39 is 0 Å². The van der Waals surface area contributed by atoms with Crippen molar-refractivity contribution in [1.29, 1.82) is 0 Å². The zero-order chi connectivity index (χ0) is 16.5. The van der Waals surface area contributed by atoms with Crippen molar-refractivity contribution in [2.24, 2.45) is 0 Å². The fourth-order valence-electron chi connectivity index (χ4n) is 3.08. The molecule has 0 spiro atoms. The molecule has 3 aromatic rings. The van der Waals surface area contributed by atoms with Crippen LogP contribution >= 0.6 is 0 Å². The van der Waals surface area contributed by atoms with E-state index in [2.05, 4.69) is 10.1 Å². The summed E-state index contributed by atoms with van der Waals surface area (Å²) >= 11 is 0. The standard InChI is InChI=1S/C17H19N5O2/c1-11-15(12(2)24-21-11)17-19-16(13-5-8-23-9-6-13)20-22(17)14-4-3-7-18-10-14/h3-4,7,10,13H,5-6,8-9H2,1-2H3. The van der Waals surface area contributed by atoms with Gasteiger partial charge in [-0.05, 0) is 38.8 Å². The van der Waals surface area contributed by atoms with Crippen molar-refractivity contribution in [3.63, 3.8) is 0 Å². The molecule has 3 aromatic heterocycles. The minimum Gasteiger partial charge on any atom is -0.381 e. The SMILES string of the molecule is Cc1noc(C)c1-c1nc(C2CCOCC2)nn1-c1cccnc1. The summed E-state index contributed by atoms with van der Waals surface area (Å²) in [5, 5.41) is 8.84. The minimum atomic E-state index is 0.316. The molecular weight excluding hydrogens is 306 g/mol. The first-order valence-electron chi connectivity index (χ1n) is 8.12. The summed E-state index contributed by atoms with van der Waals surface area (Å²) in [6.07, 6.45) is 5.41. The average molecular weight is 325 g/mol. The molecule has 4 rings (SSSR count). The van der Waals surface area contributed by atoms with Crippen LogP contribution in [-0.4, -0.2) is 38.1 Å². The molecule has 0 radical (unpaired) electrons. The van der Waals surface area contributed by atoms with Crippen molar-refractivity contribution in [2.45, 2.75) is 32.6 Å². The van der Waals surface area contributed by atoms with Gasteiger partial charge in [-0.1, -0.05) is 5.16 Å². The highest BCUT2D eigenvalue weighted by atomic mass is 16.5. The Labute approximate surface area is 139 Å². The normalized spacial score (nSPS) is 15.8. The molecule has 0 aromatic carbocycles. The van der Waals surface area contributed by atoms with Gasteiger partial charge in [0.2, 0.25) is 0 Å². The first-order valence-corrected chi connectivity index (χ1v) is 8.12. The van der Waals surface area contributed by atoms with Gasteiger partial charge in [-0.2, -0.15) is 5.10 Å². The van der Waals surface area contributed by atoms with E-state index in [1.54, 1.807) is 12.4 Å². The lowest BCUT2D eigenvalue weighted by atomic mass is 10.00. The number of nitrogens with zero attached hydrogens (tertiary/aromatic N) is 5. The van der Waals surface area contributed by atoms with Crippen LogP contribution in [0.4, 0.5) is 0 Å². The third kappa shape index (κ3) is 2.60. The summed E-state index contributed by atoms with van der Waals surface area (Å²) in [7, 11) is 0. The van der Waals surface area contributed by atoms with Gasteiger partial charge in [-0.15, -0.1) is 0 Å². The largest absolute Gasteiger partial charge is 0.381 e. The molecule has 4 heterocycles. The predicted molar refractivity (Wildman–Crippen MR) is 86.9 cm³/mol. The summed E-state index contributed by atoms with van der Waals surface area (Å²) in [6, 6.07) is 3.86. The Kier molecular flexibility index (Phi) is 3.86. The number of ether oxygens (including phenoxy) is 1. The van der Waals surface area contributed by atoms with Gasteiger partial charge < -0.3 is 9.26 Å². The fraction of sp³-hybridized carbons (Fsp3) is 0.412. The second-order valence-corrected chi connectivity index (χ2v) is 6.00. The van der Waals surface area contributed by atoms with E-state index >= 15 is 0 Å². The molecule has 1 aliphatic heterocycles. The van der Waals surface area contributed by atoms with Gasteiger partial charge in [0.05, 0.1) is 23.1 Å². The van der Waals surface area contributed by atoms with E-state index in [0.29, 0.717) is 5.92 Å². The van der Waals surface area contributed by atoms with Crippen LogP contribution in [0.25, 0.3) is 17.1 Å². The highest BCUT2D eigenvalue weighted by molar-refractivity contribution is 5.62. The van der Waals surface area contributed by atoms with E-state index in [1.807, 2.05) is 30.7 Å². The van der Waals surface area contributed by atoms with Gasteiger partial charge >= 0.3 is 0 Å². The van der Waals surface area contributed by atoms with Gasteiger partial charge in [0.15, 0.2) is 11.6 Å². The summed E-state index contributed by atoms with van der Waals surface area (Å²) < 4.78 is 12.6. The Morgan fingerprint density at radius 2 is 2.04 bits per heavy atom. The molecule has 1 fully saturated rings. The predicted octanol–water partition coefficient (Wildman–Crippen LogP) is 2.83. The average Bonchev–Trinajstić information content (AvgIpc) is 3.20. The lowest BCUT2D eigenvalue weighted by Gasteiger charge is -2.18. The molecule has 0 amide bonds. The third-order valence-electron chi connectivity index (χ3n) is 4.36. The van der Waals surface area contributed by atoms with Crippen LogP contribution in [0.2, 0.25) is 0 Å². The van der Waals surface area contributed by atoms with Crippen molar-refractivity contribution in [1.82, 2.24) is 24.9 Å². The van der Waals surface area contributed by atoms with Gasteiger partial charge in [0.25, 0.3) is 0 Å². The maximum Gasteiger partial charge on any atom is 0.169 e. The number of aromatic nitrogens is 5. The summed E-state index contributed by atoms with van der Waals surface area (Å²) in [5.74, 6) is 2.65. The smallest absolute Gasteiger partial charge is 0.169 e. The first-order chi connectivity index (χ1) is 11.7. The molecule has 1 aliphatic rings. The van der Waals surface area contributed by atoms with E-state index in [1.165, 1.54) is 0 Å². The van der Waals surface area contributed by atoms with E-state index in [4.69, 9.17) is 19.3 Å². The quantitative estimate of drug-likeness (QED) is 0.737. The Bertz CT molecular complexity index is 815. The topological polar surface area (TPSA) is 78.9 Å². The molecule has 7 heteroatoms. The minimum absolute atomic E-state index is 0.316. The van der Waals surface area contributed by atoms with Crippen molar-refractivity contribution in [3.05, 3.63) is 41.8 Å². The Hall–Kier alpha value is -2.54. The number of hydrogen-bond donors (Lipinski definition) is 0. The van der Waals surface area contributed by atoms with Gasteiger partial charge in [0, 0.05) is 25.3 Å². The summed E-state index contributed by atoms with van der Waals surface area (Å²) in [6.45, 7) is 5.33. The molecule has 7 nitrogen and oxygen atoms in total. The number of hydrogen-bond acceptors (Lipinski definition) is 6. The number of rotatable bonds is 3. The maximum absolute atomic E-state index is 5.46. The van der Waals surface area contributed by atoms with E-state index in [-0.39, 0.29) is 0 Å². The van der Waals surface area contributed by atoms with Crippen molar-refractivity contribution < 1.29 is 9.26 Å². The van der Waals surface area contributed by atoms with Crippen molar-refractivity contribution in [3.8, 4) is 17.1 Å². The Morgan fingerprint density at radius 3 is 2.71 bits per heavy atom. The number of pyridine rings is 1. The Morgan fingerprint density at radius 1 is 1.21 bits per heavy atom. The first kappa shape index (κ1) is 15.0. The highest BCUT2D eigenvalue weighted by Gasteiger charge is 2.25. The third-order valence-corrected chi connectivity index (χ3v) is 4.36. The fourth-order valence-corrected chi connectivity index (χ4v) is 3.08.